The minimum atomic E-state index is -0.547. The van der Waals surface area contributed by atoms with Crippen LogP contribution in [-0.4, -0.2) is 36.1 Å². The van der Waals surface area contributed by atoms with Gasteiger partial charge in [-0.05, 0) is 42.7 Å². The van der Waals surface area contributed by atoms with Crippen molar-refractivity contribution in [2.75, 3.05) is 25.1 Å². The molecule has 3 N–H and O–H groups in total. The highest BCUT2D eigenvalue weighted by Gasteiger charge is 2.17. The van der Waals surface area contributed by atoms with Crippen molar-refractivity contribution in [3.05, 3.63) is 60.2 Å². The molecule has 1 atom stereocenters. The lowest BCUT2D eigenvalue weighted by atomic mass is 10.0. The van der Waals surface area contributed by atoms with Crippen LogP contribution in [0.25, 0.3) is 0 Å². The molecule has 0 aliphatic rings. The molecule has 1 amide bonds. The van der Waals surface area contributed by atoms with Crippen molar-refractivity contribution >= 4 is 11.8 Å². The Morgan fingerprint density at radius 3 is 2.36 bits per heavy atom. The molecule has 0 heterocycles. The van der Waals surface area contributed by atoms with Crippen LogP contribution in [-0.2, 0) is 4.74 Å². The second kappa shape index (κ2) is 10.3. The fourth-order valence-electron chi connectivity index (χ4n) is 2.31. The first kappa shape index (κ1) is 18.8. The molecule has 6 heteroatoms. The molecule has 0 saturated heterocycles. The van der Waals surface area contributed by atoms with E-state index in [-0.39, 0.29) is 19.8 Å². The lowest BCUT2D eigenvalue weighted by Gasteiger charge is -2.19. The van der Waals surface area contributed by atoms with Gasteiger partial charge in [-0.15, -0.1) is 0 Å². The van der Waals surface area contributed by atoms with Gasteiger partial charge in [0.05, 0.1) is 6.61 Å². The van der Waals surface area contributed by atoms with E-state index >= 15 is 0 Å². The lowest BCUT2D eigenvalue weighted by molar-refractivity contribution is 0.0994. The van der Waals surface area contributed by atoms with Crippen molar-refractivity contribution in [3.63, 3.8) is 0 Å². The molecule has 25 heavy (non-hydrogen) atoms. The van der Waals surface area contributed by atoms with Crippen molar-refractivity contribution < 1.29 is 24.5 Å². The van der Waals surface area contributed by atoms with E-state index in [1.807, 2.05) is 30.3 Å². The molecule has 0 spiro atoms. The van der Waals surface area contributed by atoms with Crippen LogP contribution in [0.15, 0.2) is 54.6 Å². The van der Waals surface area contributed by atoms with Crippen molar-refractivity contribution in [2.45, 2.75) is 18.9 Å². The normalized spacial score (nSPS) is 11.6. The highest BCUT2D eigenvalue weighted by molar-refractivity contribution is 5.84. The summed E-state index contributed by atoms with van der Waals surface area (Å²) >= 11 is 0. The third kappa shape index (κ3) is 6.45. The van der Waals surface area contributed by atoms with E-state index in [1.54, 1.807) is 24.3 Å². The maximum atomic E-state index is 12.1. The summed E-state index contributed by atoms with van der Waals surface area (Å²) in [7, 11) is 0. The fraction of sp³-hybridized carbons (Fsp3) is 0.316. The predicted molar refractivity (Wildman–Crippen MR) is 94.6 cm³/mol. The van der Waals surface area contributed by atoms with Gasteiger partial charge in [0.1, 0.15) is 18.5 Å². The maximum absolute atomic E-state index is 12.1. The average Bonchev–Trinajstić information content (AvgIpc) is 2.64. The summed E-state index contributed by atoms with van der Waals surface area (Å²) in [5.74, 6) is 0.632. The molecule has 0 aliphatic carbocycles. The van der Waals surface area contributed by atoms with Crippen molar-refractivity contribution in [3.8, 4) is 5.75 Å². The van der Waals surface area contributed by atoms with Crippen LogP contribution in [0.2, 0.25) is 0 Å². The van der Waals surface area contributed by atoms with E-state index < -0.39 is 12.2 Å². The summed E-state index contributed by atoms with van der Waals surface area (Å²) in [5, 5.41) is 20.5. The Bertz CT molecular complexity index is 630. The molecule has 134 valence electrons. The molecule has 0 aliphatic heterocycles. The van der Waals surface area contributed by atoms with E-state index in [0.717, 1.165) is 5.56 Å². The summed E-state index contributed by atoms with van der Waals surface area (Å²) in [5.41, 5.74) is 1.47. The first-order chi connectivity index (χ1) is 12.2. The predicted octanol–water partition coefficient (Wildman–Crippen LogP) is 3.12. The van der Waals surface area contributed by atoms with Crippen LogP contribution in [0.1, 0.15) is 24.5 Å². The standard InChI is InChI=1S/C19H23NO5/c21-12-4-7-18(15-8-10-17(11-9-15)24-14-13-22)25-19(23)20-16-5-2-1-3-6-16/h1-3,5-6,8-11,18,21-22H,4,7,12-14H2,(H,20,23)/t18-/m0/s1. The Morgan fingerprint density at radius 2 is 1.72 bits per heavy atom. The first-order valence-electron chi connectivity index (χ1n) is 8.20. The molecular weight excluding hydrogens is 322 g/mol. The van der Waals surface area contributed by atoms with Gasteiger partial charge < -0.3 is 19.7 Å². The number of hydrogen-bond donors (Lipinski definition) is 3. The highest BCUT2D eigenvalue weighted by atomic mass is 16.6. The number of aliphatic hydroxyl groups excluding tert-OH is 2. The number of carbonyl (C=O) groups excluding carboxylic acids is 1. The van der Waals surface area contributed by atoms with Gasteiger partial charge in [-0.1, -0.05) is 30.3 Å². The summed E-state index contributed by atoms with van der Waals surface area (Å²) in [4.78, 5) is 12.1. The zero-order chi connectivity index (χ0) is 17.9. The van der Waals surface area contributed by atoms with Crippen LogP contribution in [0, 0.1) is 0 Å². The Hall–Kier alpha value is -2.57. The van der Waals surface area contributed by atoms with E-state index in [2.05, 4.69) is 5.32 Å². The van der Waals surface area contributed by atoms with Crippen LogP contribution in [0.3, 0.4) is 0 Å². The number of anilines is 1. The van der Waals surface area contributed by atoms with E-state index in [4.69, 9.17) is 19.7 Å². The van der Waals surface area contributed by atoms with E-state index in [1.165, 1.54) is 0 Å². The molecule has 0 saturated carbocycles. The van der Waals surface area contributed by atoms with E-state index in [9.17, 15) is 4.79 Å². The van der Waals surface area contributed by atoms with Gasteiger partial charge >= 0.3 is 6.09 Å². The summed E-state index contributed by atoms with van der Waals surface area (Å²) in [6, 6.07) is 16.2. The zero-order valence-corrected chi connectivity index (χ0v) is 13.9. The molecule has 0 aromatic heterocycles. The summed E-state index contributed by atoms with van der Waals surface area (Å²) in [6.07, 6.45) is 0.0132. The molecule has 0 radical (unpaired) electrons. The van der Waals surface area contributed by atoms with Crippen LogP contribution >= 0.6 is 0 Å². The van der Waals surface area contributed by atoms with Crippen molar-refractivity contribution in [2.24, 2.45) is 0 Å². The Kier molecular flexibility index (Phi) is 7.75. The molecule has 0 unspecified atom stereocenters. The Labute approximate surface area is 147 Å². The Balaban J connectivity index is 2.00. The van der Waals surface area contributed by atoms with E-state index in [0.29, 0.717) is 24.3 Å². The number of para-hydroxylation sites is 1. The number of benzene rings is 2. The summed E-state index contributed by atoms with van der Waals surface area (Å²) < 4.78 is 10.8. The quantitative estimate of drug-likeness (QED) is 0.650. The molecule has 2 rings (SSSR count). The zero-order valence-electron chi connectivity index (χ0n) is 13.9. The second-order valence-corrected chi connectivity index (χ2v) is 5.39. The number of hydrogen-bond acceptors (Lipinski definition) is 5. The van der Waals surface area contributed by atoms with Crippen molar-refractivity contribution in [1.82, 2.24) is 0 Å². The smallest absolute Gasteiger partial charge is 0.412 e. The second-order valence-electron chi connectivity index (χ2n) is 5.39. The van der Waals surface area contributed by atoms with Crippen LogP contribution in [0.4, 0.5) is 10.5 Å². The molecule has 0 fully saturated rings. The monoisotopic (exact) mass is 345 g/mol. The number of carbonyl (C=O) groups is 1. The molecule has 2 aromatic carbocycles. The molecule has 2 aromatic rings. The first-order valence-corrected chi connectivity index (χ1v) is 8.20. The molecule has 0 bridgehead atoms. The number of nitrogens with one attached hydrogen (secondary N) is 1. The minimum Gasteiger partial charge on any atom is -0.491 e. The third-order valence-electron chi connectivity index (χ3n) is 3.51. The van der Waals surface area contributed by atoms with Gasteiger partial charge in [0, 0.05) is 12.3 Å². The van der Waals surface area contributed by atoms with Gasteiger partial charge in [0.25, 0.3) is 0 Å². The fourth-order valence-corrected chi connectivity index (χ4v) is 2.31. The Morgan fingerprint density at radius 1 is 1.00 bits per heavy atom. The van der Waals surface area contributed by atoms with Crippen LogP contribution in [0.5, 0.6) is 5.75 Å². The number of rotatable bonds is 9. The average molecular weight is 345 g/mol. The number of amides is 1. The highest BCUT2D eigenvalue weighted by Crippen LogP contribution is 2.25. The minimum absolute atomic E-state index is 0.0257. The SMILES string of the molecule is O=C(Nc1ccccc1)O[C@@H](CCCO)c1ccc(OCCO)cc1. The van der Waals surface area contributed by atoms with Gasteiger partial charge in [0.2, 0.25) is 0 Å². The van der Waals surface area contributed by atoms with Crippen molar-refractivity contribution in [1.29, 1.82) is 0 Å². The number of ether oxygens (including phenoxy) is 2. The lowest BCUT2D eigenvalue weighted by Crippen LogP contribution is -2.18. The number of aliphatic hydroxyl groups is 2. The molecular formula is C19H23NO5. The maximum Gasteiger partial charge on any atom is 0.412 e. The largest absolute Gasteiger partial charge is 0.491 e. The topological polar surface area (TPSA) is 88.0 Å². The summed E-state index contributed by atoms with van der Waals surface area (Å²) in [6.45, 7) is 0.199. The van der Waals surface area contributed by atoms with Gasteiger partial charge in [0.15, 0.2) is 0 Å². The van der Waals surface area contributed by atoms with Crippen LogP contribution < -0.4 is 10.1 Å². The molecule has 6 nitrogen and oxygen atoms in total. The van der Waals surface area contributed by atoms with Gasteiger partial charge in [-0.25, -0.2) is 4.79 Å². The van der Waals surface area contributed by atoms with Gasteiger partial charge in [-0.2, -0.15) is 0 Å². The van der Waals surface area contributed by atoms with Gasteiger partial charge in [-0.3, -0.25) is 5.32 Å². The third-order valence-corrected chi connectivity index (χ3v) is 3.51.